The predicted octanol–water partition coefficient (Wildman–Crippen LogP) is 4.53. The van der Waals surface area contributed by atoms with Crippen molar-refractivity contribution in [1.29, 1.82) is 0 Å². The molecule has 0 spiro atoms. The molecule has 88 valence electrons. The Kier molecular flexibility index (Phi) is 2.37. The number of rotatable bonds is 0. The maximum absolute atomic E-state index is 4.21. The molecule has 2 heteroatoms. The number of thiophene rings is 1. The van der Waals surface area contributed by atoms with Crippen molar-refractivity contribution < 1.29 is 0 Å². The maximum Gasteiger partial charge on any atom is 0.0535 e. The Morgan fingerprint density at radius 3 is 3.06 bits per heavy atom. The largest absolute Gasteiger partial charge is 0.263 e. The molecule has 0 radical (unpaired) electrons. The van der Waals surface area contributed by atoms with Crippen molar-refractivity contribution in [3.8, 4) is 0 Å². The Hall–Kier alpha value is -1.15. The van der Waals surface area contributed by atoms with Gasteiger partial charge in [-0.05, 0) is 29.4 Å². The summed E-state index contributed by atoms with van der Waals surface area (Å²) in [5.41, 5.74) is 1.71. The first-order chi connectivity index (χ1) is 8.08. The molecule has 0 N–H and O–H groups in total. The predicted molar refractivity (Wildman–Crippen MR) is 75.3 cm³/mol. The van der Waals surface area contributed by atoms with E-state index >= 15 is 0 Å². The summed E-state index contributed by atoms with van der Waals surface area (Å²) >= 11 is 1.90. The van der Waals surface area contributed by atoms with Crippen LogP contribution in [-0.2, 0) is 6.42 Å². The van der Waals surface area contributed by atoms with Gasteiger partial charge in [0.05, 0.1) is 4.70 Å². The van der Waals surface area contributed by atoms with Crippen LogP contribution in [0.2, 0.25) is 0 Å². The number of fused-ring (bicyclic) bond motifs is 3. The van der Waals surface area contributed by atoms with E-state index in [4.69, 9.17) is 0 Å². The van der Waals surface area contributed by atoms with Gasteiger partial charge in [0, 0.05) is 22.7 Å². The Bertz CT molecular complexity index is 592. The van der Waals surface area contributed by atoms with Gasteiger partial charge in [0.1, 0.15) is 0 Å². The molecule has 2 aromatic heterocycles. The third kappa shape index (κ3) is 1.71. The van der Waals surface area contributed by atoms with Crippen LogP contribution in [-0.4, -0.2) is 4.98 Å². The minimum Gasteiger partial charge on any atom is -0.263 e. The van der Waals surface area contributed by atoms with Crippen LogP contribution in [0.25, 0.3) is 16.2 Å². The summed E-state index contributed by atoms with van der Waals surface area (Å²) in [7, 11) is 0. The summed E-state index contributed by atoms with van der Waals surface area (Å²) in [5, 5.41) is 1.36. The van der Waals surface area contributed by atoms with Gasteiger partial charge in [-0.15, -0.1) is 11.3 Å². The number of allylic oxidation sites excluding steroid dienone is 1. The van der Waals surface area contributed by atoms with E-state index in [2.05, 4.69) is 44.0 Å². The van der Waals surface area contributed by atoms with E-state index in [1.807, 2.05) is 23.7 Å². The SMILES string of the molecule is CC1Cc2sc3cnccc3c2C=CC1(C)C. The van der Waals surface area contributed by atoms with Gasteiger partial charge in [0.15, 0.2) is 0 Å². The van der Waals surface area contributed by atoms with Crippen LogP contribution < -0.4 is 0 Å². The van der Waals surface area contributed by atoms with Crippen molar-refractivity contribution in [2.45, 2.75) is 27.2 Å². The lowest BCUT2D eigenvalue weighted by Gasteiger charge is -2.26. The van der Waals surface area contributed by atoms with Crippen LogP contribution in [0.3, 0.4) is 0 Å². The monoisotopic (exact) mass is 243 g/mol. The van der Waals surface area contributed by atoms with Gasteiger partial charge in [-0.25, -0.2) is 0 Å². The topological polar surface area (TPSA) is 12.9 Å². The van der Waals surface area contributed by atoms with Crippen LogP contribution in [0.5, 0.6) is 0 Å². The smallest absolute Gasteiger partial charge is 0.0535 e. The van der Waals surface area contributed by atoms with Crippen LogP contribution in [0.4, 0.5) is 0 Å². The molecule has 0 bridgehead atoms. The molecule has 1 aliphatic rings. The first-order valence-electron chi connectivity index (χ1n) is 6.12. The van der Waals surface area contributed by atoms with Gasteiger partial charge < -0.3 is 0 Å². The van der Waals surface area contributed by atoms with E-state index in [-0.39, 0.29) is 5.41 Å². The highest BCUT2D eigenvalue weighted by atomic mass is 32.1. The third-order valence-corrected chi connectivity index (χ3v) is 5.23. The fourth-order valence-corrected chi connectivity index (χ4v) is 3.65. The zero-order valence-corrected chi connectivity index (χ0v) is 11.3. The van der Waals surface area contributed by atoms with E-state index in [0.29, 0.717) is 5.92 Å². The molecule has 0 saturated carbocycles. The molecule has 3 rings (SSSR count). The van der Waals surface area contributed by atoms with Crippen molar-refractivity contribution in [2.75, 3.05) is 0 Å². The molecule has 1 unspecified atom stereocenters. The number of nitrogens with zero attached hydrogens (tertiary/aromatic N) is 1. The normalized spacial score (nSPS) is 22.4. The first kappa shape index (κ1) is 11.0. The Morgan fingerprint density at radius 2 is 2.24 bits per heavy atom. The van der Waals surface area contributed by atoms with Crippen molar-refractivity contribution in [2.24, 2.45) is 11.3 Å². The Morgan fingerprint density at radius 1 is 1.41 bits per heavy atom. The summed E-state index contributed by atoms with van der Waals surface area (Å²) in [4.78, 5) is 5.73. The summed E-state index contributed by atoms with van der Waals surface area (Å²) in [6.45, 7) is 7.00. The standard InChI is InChI=1S/C15H17NS/c1-10-8-13-11(4-6-15(10,2)3)12-5-7-16-9-14(12)17-13/h4-7,9-10H,8H2,1-3H3. The second-order valence-corrected chi connectivity index (χ2v) is 6.71. The lowest BCUT2D eigenvalue weighted by atomic mass is 9.79. The molecule has 2 heterocycles. The molecule has 0 saturated heterocycles. The van der Waals surface area contributed by atoms with E-state index in [1.165, 1.54) is 26.9 Å². The number of hydrogen-bond donors (Lipinski definition) is 0. The molecule has 0 aliphatic heterocycles. The summed E-state index contributed by atoms with van der Waals surface area (Å²) in [6, 6.07) is 2.14. The van der Waals surface area contributed by atoms with Crippen LogP contribution in [0, 0.1) is 11.3 Å². The van der Waals surface area contributed by atoms with Crippen molar-refractivity contribution in [1.82, 2.24) is 4.98 Å². The minimum absolute atomic E-state index is 0.290. The van der Waals surface area contributed by atoms with Crippen molar-refractivity contribution >= 4 is 27.5 Å². The maximum atomic E-state index is 4.21. The molecule has 1 nitrogen and oxygen atoms in total. The van der Waals surface area contributed by atoms with Gasteiger partial charge in [0.2, 0.25) is 0 Å². The quantitative estimate of drug-likeness (QED) is 0.662. The molecule has 0 fully saturated rings. The van der Waals surface area contributed by atoms with Gasteiger partial charge >= 0.3 is 0 Å². The number of hydrogen-bond acceptors (Lipinski definition) is 2. The molecule has 0 amide bonds. The molecule has 2 aromatic rings. The molecule has 1 aliphatic carbocycles. The number of pyridine rings is 1. The van der Waals surface area contributed by atoms with Crippen molar-refractivity contribution in [3.05, 3.63) is 35.0 Å². The van der Waals surface area contributed by atoms with Gasteiger partial charge in [-0.3, -0.25) is 4.98 Å². The van der Waals surface area contributed by atoms with E-state index in [9.17, 15) is 0 Å². The molecule has 17 heavy (non-hydrogen) atoms. The van der Waals surface area contributed by atoms with Crippen molar-refractivity contribution in [3.63, 3.8) is 0 Å². The minimum atomic E-state index is 0.290. The fourth-order valence-electron chi connectivity index (χ4n) is 2.36. The third-order valence-electron chi connectivity index (χ3n) is 4.05. The van der Waals surface area contributed by atoms with E-state index in [1.54, 1.807) is 0 Å². The highest BCUT2D eigenvalue weighted by molar-refractivity contribution is 7.19. The first-order valence-corrected chi connectivity index (χ1v) is 6.94. The lowest BCUT2D eigenvalue weighted by molar-refractivity contribution is 0.310. The second kappa shape index (κ2) is 3.67. The zero-order valence-electron chi connectivity index (χ0n) is 10.5. The van der Waals surface area contributed by atoms with E-state index in [0.717, 1.165) is 0 Å². The molecule has 1 atom stereocenters. The van der Waals surface area contributed by atoms with Gasteiger partial charge in [-0.2, -0.15) is 0 Å². The van der Waals surface area contributed by atoms with Crippen LogP contribution in [0.15, 0.2) is 24.5 Å². The summed E-state index contributed by atoms with van der Waals surface area (Å²) in [5.74, 6) is 0.682. The van der Waals surface area contributed by atoms with Gasteiger partial charge in [0.25, 0.3) is 0 Å². The molecular weight excluding hydrogens is 226 g/mol. The number of aromatic nitrogens is 1. The summed E-state index contributed by atoms with van der Waals surface area (Å²) in [6.07, 6.45) is 9.74. The Balaban J connectivity index is 2.23. The average molecular weight is 243 g/mol. The second-order valence-electron chi connectivity index (χ2n) is 5.57. The fraction of sp³-hybridized carbons (Fsp3) is 0.400. The van der Waals surface area contributed by atoms with Crippen LogP contribution in [0.1, 0.15) is 31.2 Å². The van der Waals surface area contributed by atoms with E-state index < -0.39 is 0 Å². The average Bonchev–Trinajstić information content (AvgIpc) is 2.58. The molecular formula is C15H17NS. The Labute approximate surface area is 106 Å². The highest BCUT2D eigenvalue weighted by Crippen LogP contribution is 2.41. The lowest BCUT2D eigenvalue weighted by Crippen LogP contribution is -2.19. The van der Waals surface area contributed by atoms with Crippen LogP contribution >= 0.6 is 11.3 Å². The molecule has 0 aromatic carbocycles. The highest BCUT2D eigenvalue weighted by Gasteiger charge is 2.27. The zero-order chi connectivity index (χ0) is 12.0. The summed E-state index contributed by atoms with van der Waals surface area (Å²) < 4.78 is 1.31. The van der Waals surface area contributed by atoms with Gasteiger partial charge in [-0.1, -0.05) is 32.9 Å².